The van der Waals surface area contributed by atoms with Crippen molar-refractivity contribution in [2.45, 2.75) is 79.1 Å². The summed E-state index contributed by atoms with van der Waals surface area (Å²) in [4.78, 5) is 6.24. The first-order valence-electron chi connectivity index (χ1n) is 13.3. The predicted molar refractivity (Wildman–Crippen MR) is 145 cm³/mol. The van der Waals surface area contributed by atoms with Crippen molar-refractivity contribution in [2.24, 2.45) is 0 Å². The fourth-order valence-electron chi connectivity index (χ4n) is 3.90. The Hall–Kier alpha value is -2.58. The summed E-state index contributed by atoms with van der Waals surface area (Å²) in [5, 5.41) is 14.1. The lowest BCUT2D eigenvalue weighted by Gasteiger charge is -2.28. The van der Waals surface area contributed by atoms with Gasteiger partial charge in [-0.25, -0.2) is 0 Å². The van der Waals surface area contributed by atoms with E-state index in [1.54, 1.807) is 12.4 Å². The standard InChI is InChI=1S/C24H30F3N3O2.C3H8.C2H6/c1-4-12-32-15-17(5-2)29-21-9-11-30(3)23(20-14-28-10-8-18(20)21)19-7-6-16(13-22(19)31)24(25,26)27;1-3-2;1-2/h6-10,13-14,17,23,29,31H,4-5,11-12,15H2,1-3H3;3H2,1-2H3;1-2H3. The molecule has 1 aromatic heterocycles. The Labute approximate surface area is 220 Å². The molecule has 0 amide bonds. The van der Waals surface area contributed by atoms with Crippen molar-refractivity contribution in [3.63, 3.8) is 0 Å². The normalized spacial score (nSPS) is 16.2. The fraction of sp³-hybridized carbons (Fsp3) is 0.552. The number of ether oxygens (including phenoxy) is 1. The van der Waals surface area contributed by atoms with E-state index in [9.17, 15) is 18.3 Å². The zero-order valence-electron chi connectivity index (χ0n) is 23.3. The van der Waals surface area contributed by atoms with Gasteiger partial charge < -0.3 is 15.2 Å². The monoisotopic (exact) mass is 523 g/mol. The predicted octanol–water partition coefficient (Wildman–Crippen LogP) is 7.42. The Morgan fingerprint density at radius 2 is 1.81 bits per heavy atom. The van der Waals surface area contributed by atoms with Crippen molar-refractivity contribution < 1.29 is 23.0 Å². The molecule has 1 aromatic carbocycles. The van der Waals surface area contributed by atoms with Crippen LogP contribution in [0, 0.1) is 0 Å². The van der Waals surface area contributed by atoms with Crippen molar-refractivity contribution in [3.05, 3.63) is 65.0 Å². The number of pyridine rings is 1. The summed E-state index contributed by atoms with van der Waals surface area (Å²) in [6, 6.07) is 4.70. The third-order valence-electron chi connectivity index (χ3n) is 5.63. The quantitative estimate of drug-likeness (QED) is 0.353. The number of phenolic OH excluding ortho intramolecular Hbond substituents is 1. The van der Waals surface area contributed by atoms with Crippen LogP contribution in [0.4, 0.5) is 13.2 Å². The van der Waals surface area contributed by atoms with E-state index in [2.05, 4.69) is 44.1 Å². The van der Waals surface area contributed by atoms with Gasteiger partial charge in [-0.05, 0) is 44.2 Å². The number of rotatable bonds is 8. The number of halogens is 3. The van der Waals surface area contributed by atoms with Crippen LogP contribution >= 0.6 is 0 Å². The Bertz CT molecular complexity index is 964. The molecule has 0 spiro atoms. The van der Waals surface area contributed by atoms with Crippen molar-refractivity contribution in [1.29, 1.82) is 0 Å². The molecule has 2 atom stereocenters. The van der Waals surface area contributed by atoms with Gasteiger partial charge in [0.15, 0.2) is 0 Å². The fourth-order valence-corrected chi connectivity index (χ4v) is 3.90. The molecule has 1 aliphatic heterocycles. The van der Waals surface area contributed by atoms with Gasteiger partial charge in [0.05, 0.1) is 18.2 Å². The molecule has 0 radical (unpaired) electrons. The van der Waals surface area contributed by atoms with Crippen molar-refractivity contribution in [1.82, 2.24) is 15.2 Å². The Morgan fingerprint density at radius 1 is 1.14 bits per heavy atom. The Balaban J connectivity index is 0.00000127. The number of likely N-dealkylation sites (N-methyl/N-ethyl adjacent to an activating group) is 1. The lowest BCUT2D eigenvalue weighted by molar-refractivity contribution is -0.137. The molecule has 2 N–H and O–H groups in total. The zero-order valence-corrected chi connectivity index (χ0v) is 23.3. The van der Waals surface area contributed by atoms with Crippen LogP contribution in [0.5, 0.6) is 5.75 Å². The summed E-state index contributed by atoms with van der Waals surface area (Å²) in [5.41, 5.74) is 2.17. The Morgan fingerprint density at radius 3 is 2.38 bits per heavy atom. The molecule has 2 unspecified atom stereocenters. The first kappa shape index (κ1) is 32.4. The van der Waals surface area contributed by atoms with Gasteiger partial charge in [-0.1, -0.05) is 54.0 Å². The van der Waals surface area contributed by atoms with E-state index < -0.39 is 17.8 Å². The van der Waals surface area contributed by atoms with Gasteiger partial charge in [0.2, 0.25) is 0 Å². The van der Waals surface area contributed by atoms with Crippen molar-refractivity contribution in [3.8, 4) is 5.75 Å². The minimum atomic E-state index is -4.52. The van der Waals surface area contributed by atoms with Crippen LogP contribution < -0.4 is 5.32 Å². The maximum absolute atomic E-state index is 13.1. The first-order valence-corrected chi connectivity index (χ1v) is 13.3. The van der Waals surface area contributed by atoms with Crippen LogP contribution in [-0.4, -0.2) is 47.8 Å². The highest BCUT2D eigenvalue weighted by Gasteiger charge is 2.33. The first-order chi connectivity index (χ1) is 17.7. The molecule has 0 fully saturated rings. The second kappa shape index (κ2) is 16.3. The number of benzene rings is 1. The topological polar surface area (TPSA) is 57.6 Å². The second-order valence-corrected chi connectivity index (χ2v) is 8.73. The number of fused-ring (bicyclic) bond motifs is 1. The number of nitrogens with zero attached hydrogens (tertiary/aromatic N) is 2. The number of nitrogens with one attached hydrogen (secondary N) is 1. The van der Waals surface area contributed by atoms with E-state index in [-0.39, 0.29) is 11.8 Å². The van der Waals surface area contributed by atoms with E-state index in [4.69, 9.17) is 4.74 Å². The van der Waals surface area contributed by atoms with Crippen molar-refractivity contribution >= 4 is 5.70 Å². The van der Waals surface area contributed by atoms with Crippen LogP contribution in [0.15, 0.2) is 42.7 Å². The molecule has 0 aliphatic carbocycles. The summed E-state index contributed by atoms with van der Waals surface area (Å²) in [6.45, 7) is 14.2. The van der Waals surface area contributed by atoms with E-state index in [1.807, 2.05) is 31.9 Å². The SMILES string of the molecule is CC.CCC.CCCOCC(CC)NC1=CCN(C)C(c2ccc(C(F)(F)F)cc2O)c2cnccc21. The molecule has 0 saturated carbocycles. The number of hydrogen-bond acceptors (Lipinski definition) is 5. The summed E-state index contributed by atoms with van der Waals surface area (Å²) >= 11 is 0. The average molecular weight is 524 g/mol. The van der Waals surface area contributed by atoms with E-state index in [0.29, 0.717) is 25.3 Å². The zero-order chi connectivity index (χ0) is 28.0. The van der Waals surface area contributed by atoms with Crippen LogP contribution in [0.3, 0.4) is 0 Å². The van der Waals surface area contributed by atoms with Crippen LogP contribution in [0.2, 0.25) is 0 Å². The molecule has 5 nitrogen and oxygen atoms in total. The highest BCUT2D eigenvalue weighted by molar-refractivity contribution is 5.69. The molecule has 37 heavy (non-hydrogen) atoms. The molecule has 1 aliphatic rings. The van der Waals surface area contributed by atoms with Gasteiger partial charge in [-0.3, -0.25) is 9.88 Å². The molecule has 208 valence electrons. The second-order valence-electron chi connectivity index (χ2n) is 8.73. The summed E-state index contributed by atoms with van der Waals surface area (Å²) < 4.78 is 45.0. The number of alkyl halides is 3. The molecule has 3 rings (SSSR count). The molecule has 2 aromatic rings. The highest BCUT2D eigenvalue weighted by Crippen LogP contribution is 2.40. The van der Waals surface area contributed by atoms with E-state index in [1.165, 1.54) is 12.5 Å². The summed E-state index contributed by atoms with van der Waals surface area (Å²) in [6.07, 6.45) is 4.03. The smallest absolute Gasteiger partial charge is 0.416 e. The lowest BCUT2D eigenvalue weighted by Crippen LogP contribution is -2.32. The summed E-state index contributed by atoms with van der Waals surface area (Å²) in [5.74, 6) is -0.387. The number of aromatic hydroxyl groups is 1. The maximum atomic E-state index is 13.1. The highest BCUT2D eigenvalue weighted by atomic mass is 19.4. The third kappa shape index (κ3) is 9.34. The molecule has 0 saturated heterocycles. The molecule has 2 heterocycles. The van der Waals surface area contributed by atoms with Crippen LogP contribution in [0.25, 0.3) is 5.70 Å². The van der Waals surface area contributed by atoms with Gasteiger partial charge >= 0.3 is 6.18 Å². The minimum absolute atomic E-state index is 0.121. The minimum Gasteiger partial charge on any atom is -0.508 e. The lowest BCUT2D eigenvalue weighted by atomic mass is 9.93. The average Bonchev–Trinajstić information content (AvgIpc) is 3.01. The van der Waals surface area contributed by atoms with Gasteiger partial charge in [-0.15, -0.1) is 0 Å². The van der Waals surface area contributed by atoms with E-state index in [0.717, 1.165) is 41.8 Å². The van der Waals surface area contributed by atoms with Gasteiger partial charge in [-0.2, -0.15) is 13.2 Å². The Kier molecular flexibility index (Phi) is 14.3. The molecular weight excluding hydrogens is 479 g/mol. The largest absolute Gasteiger partial charge is 0.508 e. The van der Waals surface area contributed by atoms with E-state index >= 15 is 0 Å². The van der Waals surface area contributed by atoms with Gasteiger partial charge in [0.25, 0.3) is 0 Å². The number of hydrogen-bond donors (Lipinski definition) is 2. The summed E-state index contributed by atoms with van der Waals surface area (Å²) in [7, 11) is 1.87. The molecular formula is C29H44F3N3O2. The number of phenols is 1. The van der Waals surface area contributed by atoms with Gasteiger partial charge in [0.1, 0.15) is 5.75 Å². The van der Waals surface area contributed by atoms with Crippen molar-refractivity contribution in [2.75, 3.05) is 26.8 Å². The number of aromatic nitrogens is 1. The third-order valence-corrected chi connectivity index (χ3v) is 5.63. The van der Waals surface area contributed by atoms with Gasteiger partial charge in [0, 0.05) is 54.0 Å². The molecule has 8 heteroatoms. The molecule has 0 bridgehead atoms. The maximum Gasteiger partial charge on any atom is 0.416 e. The van der Waals surface area contributed by atoms with Crippen LogP contribution in [-0.2, 0) is 10.9 Å². The van der Waals surface area contributed by atoms with Crippen LogP contribution in [0.1, 0.15) is 89.1 Å².